The monoisotopic (exact) mass is 640 g/mol. The van der Waals surface area contributed by atoms with Gasteiger partial charge in [-0.15, -0.1) is 11.3 Å². The first-order valence-electron chi connectivity index (χ1n) is 16.1. The standard InChI is InChI=1S/C44H24N4S/c1-46-36-19-11-18-33(44(36)47-37-20-6-2-13-28(37)29-14-3-7-21-38(29)47)32-17-10-12-27(26-45)43(32)48-39-22-8-4-15-30(39)34-24-35-31-16-5-9-23-41(31)49-42(35)25-40(34)48/h2-25H. The molecule has 0 aliphatic carbocycles. The molecule has 0 aliphatic rings. The van der Waals surface area contributed by atoms with Crippen LogP contribution in [-0.2, 0) is 0 Å². The molecule has 5 heteroatoms. The van der Waals surface area contributed by atoms with E-state index in [1.54, 1.807) is 11.3 Å². The van der Waals surface area contributed by atoms with Crippen molar-refractivity contribution in [2.75, 3.05) is 0 Å². The minimum atomic E-state index is 0.548. The maximum atomic E-state index is 10.7. The number of hydrogen-bond acceptors (Lipinski definition) is 2. The number of hydrogen-bond donors (Lipinski definition) is 0. The number of para-hydroxylation sites is 5. The molecule has 0 aliphatic heterocycles. The normalized spacial score (nSPS) is 11.6. The van der Waals surface area contributed by atoms with Crippen LogP contribution in [0.4, 0.5) is 5.69 Å². The zero-order valence-corrected chi connectivity index (χ0v) is 26.9. The lowest BCUT2D eigenvalue weighted by molar-refractivity contribution is 1.16. The van der Waals surface area contributed by atoms with Crippen LogP contribution in [0.5, 0.6) is 0 Å². The summed E-state index contributed by atoms with van der Waals surface area (Å²) in [4.78, 5) is 4.07. The molecule has 4 nitrogen and oxygen atoms in total. The largest absolute Gasteiger partial charge is 0.318 e. The Morgan fingerprint density at radius 2 is 1.04 bits per heavy atom. The topological polar surface area (TPSA) is 38.0 Å². The second-order valence-electron chi connectivity index (χ2n) is 12.3. The van der Waals surface area contributed by atoms with Crippen molar-refractivity contribution in [1.29, 1.82) is 5.26 Å². The number of thiophene rings is 1. The molecule has 0 saturated carbocycles. The molecule has 0 spiro atoms. The van der Waals surface area contributed by atoms with Crippen LogP contribution in [0, 0.1) is 17.9 Å². The van der Waals surface area contributed by atoms with Crippen LogP contribution in [0.2, 0.25) is 0 Å². The maximum absolute atomic E-state index is 10.7. The predicted molar refractivity (Wildman–Crippen MR) is 204 cm³/mol. The molecule has 0 fully saturated rings. The van der Waals surface area contributed by atoms with Gasteiger partial charge in [-0.1, -0.05) is 103 Å². The molecule has 226 valence electrons. The lowest BCUT2D eigenvalue weighted by atomic mass is 9.97. The van der Waals surface area contributed by atoms with Crippen LogP contribution in [0.1, 0.15) is 5.56 Å². The third-order valence-electron chi connectivity index (χ3n) is 9.78. The van der Waals surface area contributed by atoms with Gasteiger partial charge in [-0.2, -0.15) is 5.26 Å². The fourth-order valence-electron chi connectivity index (χ4n) is 7.76. The van der Waals surface area contributed by atoms with E-state index in [0.29, 0.717) is 11.3 Å². The van der Waals surface area contributed by atoms with Gasteiger partial charge in [0, 0.05) is 47.3 Å². The van der Waals surface area contributed by atoms with Gasteiger partial charge in [0.25, 0.3) is 0 Å². The SMILES string of the molecule is [C-]#[N+]c1cccc(-c2cccc(C#N)c2-n2c3ccccc3c3cc4c(cc32)sc2ccccc24)c1-n1c2ccccc2c2ccccc21. The summed E-state index contributed by atoms with van der Waals surface area (Å²) in [5, 5.41) is 17.7. The number of aromatic nitrogens is 2. The second-order valence-corrected chi connectivity index (χ2v) is 13.4. The van der Waals surface area contributed by atoms with E-state index in [2.05, 4.69) is 129 Å². The van der Waals surface area contributed by atoms with Crippen molar-refractivity contribution >= 4 is 80.8 Å². The minimum Gasteiger partial charge on any atom is -0.318 e. The number of benzene rings is 7. The first-order valence-corrected chi connectivity index (χ1v) is 16.9. The van der Waals surface area contributed by atoms with Gasteiger partial charge in [-0.3, -0.25) is 0 Å². The molecule has 10 aromatic rings. The molecule has 3 aromatic heterocycles. The highest BCUT2D eigenvalue weighted by molar-refractivity contribution is 7.25. The van der Waals surface area contributed by atoms with Gasteiger partial charge < -0.3 is 9.13 Å². The van der Waals surface area contributed by atoms with Crippen molar-refractivity contribution < 1.29 is 0 Å². The zero-order valence-electron chi connectivity index (χ0n) is 26.1. The lowest BCUT2D eigenvalue weighted by Gasteiger charge is -2.20. The number of fused-ring (bicyclic) bond motifs is 9. The Kier molecular flexibility index (Phi) is 5.84. The molecule has 0 radical (unpaired) electrons. The molecule has 10 rings (SSSR count). The van der Waals surface area contributed by atoms with Crippen molar-refractivity contribution in [2.45, 2.75) is 0 Å². The third kappa shape index (κ3) is 3.82. The van der Waals surface area contributed by atoms with Crippen molar-refractivity contribution in [3.8, 4) is 28.6 Å². The first kappa shape index (κ1) is 27.5. The summed E-state index contributed by atoms with van der Waals surface area (Å²) in [5.41, 5.74) is 8.64. The Balaban J connectivity index is 1.36. The quantitative estimate of drug-likeness (QED) is 0.177. The highest BCUT2D eigenvalue weighted by Gasteiger charge is 2.24. The first-order chi connectivity index (χ1) is 24.2. The Hall–Kier alpha value is -6.66. The van der Waals surface area contributed by atoms with Gasteiger partial charge >= 0.3 is 0 Å². The molecule has 0 unspecified atom stereocenters. The predicted octanol–water partition coefficient (Wildman–Crippen LogP) is 12.3. The Morgan fingerprint density at radius 1 is 0.490 bits per heavy atom. The summed E-state index contributed by atoms with van der Waals surface area (Å²) in [6.45, 7) is 8.33. The minimum absolute atomic E-state index is 0.548. The molecule has 0 bridgehead atoms. The zero-order chi connectivity index (χ0) is 32.6. The highest BCUT2D eigenvalue weighted by atomic mass is 32.1. The van der Waals surface area contributed by atoms with E-state index >= 15 is 0 Å². The van der Waals surface area contributed by atoms with Crippen LogP contribution in [0.3, 0.4) is 0 Å². The molecule has 0 amide bonds. The average molecular weight is 641 g/mol. The summed E-state index contributed by atoms with van der Waals surface area (Å²) in [6, 6.07) is 52.8. The van der Waals surface area contributed by atoms with Gasteiger partial charge in [0.2, 0.25) is 5.69 Å². The van der Waals surface area contributed by atoms with Gasteiger partial charge in [0.05, 0.1) is 45.6 Å². The molecule has 7 aromatic carbocycles. The molecule has 49 heavy (non-hydrogen) atoms. The van der Waals surface area contributed by atoms with E-state index in [-0.39, 0.29) is 0 Å². The Labute approximate surface area is 285 Å². The van der Waals surface area contributed by atoms with Crippen LogP contribution < -0.4 is 0 Å². The van der Waals surface area contributed by atoms with Crippen LogP contribution >= 0.6 is 11.3 Å². The number of rotatable bonds is 3. The van der Waals surface area contributed by atoms with Gasteiger partial charge in [0.1, 0.15) is 6.07 Å². The Morgan fingerprint density at radius 3 is 1.69 bits per heavy atom. The van der Waals surface area contributed by atoms with Gasteiger partial charge in [-0.25, -0.2) is 4.85 Å². The molecular weight excluding hydrogens is 617 g/mol. The van der Waals surface area contributed by atoms with E-state index < -0.39 is 0 Å². The van der Waals surface area contributed by atoms with E-state index in [1.807, 2.05) is 36.4 Å². The van der Waals surface area contributed by atoms with Crippen molar-refractivity contribution in [3.05, 3.63) is 163 Å². The van der Waals surface area contributed by atoms with E-state index in [4.69, 9.17) is 6.57 Å². The van der Waals surface area contributed by atoms with Crippen LogP contribution in [-0.4, -0.2) is 9.13 Å². The van der Waals surface area contributed by atoms with E-state index in [0.717, 1.165) is 66.1 Å². The third-order valence-corrected chi connectivity index (χ3v) is 10.9. The molecule has 3 heterocycles. The maximum Gasteiger partial charge on any atom is 0.211 e. The van der Waals surface area contributed by atoms with Crippen molar-refractivity contribution in [2.24, 2.45) is 0 Å². The summed E-state index contributed by atoms with van der Waals surface area (Å²) in [5.74, 6) is 0. The van der Waals surface area contributed by atoms with Crippen molar-refractivity contribution in [1.82, 2.24) is 9.13 Å². The molecule has 0 saturated heterocycles. The smallest absolute Gasteiger partial charge is 0.211 e. The summed E-state index contributed by atoms with van der Waals surface area (Å²) in [6.07, 6.45) is 0. The Bertz CT molecular complexity index is 3030. The average Bonchev–Trinajstić information content (AvgIpc) is 3.80. The van der Waals surface area contributed by atoms with E-state index in [9.17, 15) is 5.26 Å². The van der Waals surface area contributed by atoms with Gasteiger partial charge in [0.15, 0.2) is 0 Å². The number of nitrogens with zero attached hydrogens (tertiary/aromatic N) is 4. The fraction of sp³-hybridized carbons (Fsp3) is 0. The molecule has 0 N–H and O–H groups in total. The van der Waals surface area contributed by atoms with E-state index in [1.165, 1.54) is 20.2 Å². The molecule has 0 atom stereocenters. The highest BCUT2D eigenvalue weighted by Crippen LogP contribution is 2.46. The second kappa shape index (κ2) is 10.4. The summed E-state index contributed by atoms with van der Waals surface area (Å²) in [7, 11) is 0. The van der Waals surface area contributed by atoms with Crippen molar-refractivity contribution in [3.63, 3.8) is 0 Å². The van der Waals surface area contributed by atoms with Crippen LogP contribution in [0.25, 0.3) is 91.1 Å². The number of nitriles is 1. The fourth-order valence-corrected chi connectivity index (χ4v) is 8.88. The molecular formula is C44H24N4S. The lowest BCUT2D eigenvalue weighted by Crippen LogP contribution is -2.03. The summed E-state index contributed by atoms with van der Waals surface area (Å²) < 4.78 is 6.95. The van der Waals surface area contributed by atoms with Crippen LogP contribution in [0.15, 0.2) is 146 Å². The summed E-state index contributed by atoms with van der Waals surface area (Å²) >= 11 is 1.79. The van der Waals surface area contributed by atoms with Gasteiger partial charge in [-0.05, 0) is 48.0 Å².